The van der Waals surface area contributed by atoms with Crippen LogP contribution in [0.4, 0.5) is 0 Å². The molecular formula is C20H15N3O2S. The smallest absolute Gasteiger partial charge is 0.248 e. The van der Waals surface area contributed by atoms with Crippen molar-refractivity contribution in [1.29, 1.82) is 0 Å². The molecule has 26 heavy (non-hydrogen) atoms. The van der Waals surface area contributed by atoms with Crippen LogP contribution in [0.25, 0.3) is 20.7 Å². The van der Waals surface area contributed by atoms with Gasteiger partial charge in [0.05, 0.1) is 5.39 Å². The maximum Gasteiger partial charge on any atom is 0.248 e. The maximum atomic E-state index is 11.2. The van der Waals surface area contributed by atoms with Crippen molar-refractivity contribution in [3.8, 4) is 22.1 Å². The van der Waals surface area contributed by atoms with Crippen LogP contribution in [0.5, 0.6) is 11.6 Å². The Balaban J connectivity index is 1.76. The minimum atomic E-state index is -0.470. The standard InChI is InChI=1S/C20H15N3O2S/c1-12-16-19(25-15-9-7-14(8-10-15)18(21)24)22-11-23-20(16)26-17(12)13-5-3-2-4-6-13/h2-11H,1H3,(H2,21,24). The molecule has 2 heterocycles. The fourth-order valence-electron chi connectivity index (χ4n) is 2.78. The van der Waals surface area contributed by atoms with Crippen molar-refractivity contribution in [3.63, 3.8) is 0 Å². The first-order chi connectivity index (χ1) is 12.6. The van der Waals surface area contributed by atoms with Crippen LogP contribution >= 0.6 is 11.3 Å². The van der Waals surface area contributed by atoms with Crippen LogP contribution in [0, 0.1) is 6.92 Å². The molecule has 0 radical (unpaired) electrons. The van der Waals surface area contributed by atoms with E-state index in [0.717, 1.165) is 26.2 Å². The van der Waals surface area contributed by atoms with E-state index in [1.165, 1.54) is 6.33 Å². The lowest BCUT2D eigenvalue weighted by molar-refractivity contribution is 0.100. The van der Waals surface area contributed by atoms with Gasteiger partial charge in [-0.05, 0) is 42.3 Å². The topological polar surface area (TPSA) is 78.1 Å². The summed E-state index contributed by atoms with van der Waals surface area (Å²) in [7, 11) is 0. The van der Waals surface area contributed by atoms with Gasteiger partial charge in [-0.15, -0.1) is 11.3 Å². The molecule has 2 N–H and O–H groups in total. The number of aryl methyl sites for hydroxylation is 1. The van der Waals surface area contributed by atoms with Crippen molar-refractivity contribution >= 4 is 27.5 Å². The number of rotatable bonds is 4. The summed E-state index contributed by atoms with van der Waals surface area (Å²) in [6.45, 7) is 2.05. The molecule has 2 aromatic carbocycles. The third kappa shape index (κ3) is 2.91. The highest BCUT2D eigenvalue weighted by Crippen LogP contribution is 2.41. The van der Waals surface area contributed by atoms with Crippen molar-refractivity contribution in [1.82, 2.24) is 9.97 Å². The Morgan fingerprint density at radius 3 is 2.46 bits per heavy atom. The van der Waals surface area contributed by atoms with Gasteiger partial charge in [-0.1, -0.05) is 30.3 Å². The third-order valence-electron chi connectivity index (χ3n) is 4.08. The van der Waals surface area contributed by atoms with Gasteiger partial charge in [0.15, 0.2) is 0 Å². The molecule has 4 aromatic rings. The van der Waals surface area contributed by atoms with Crippen LogP contribution < -0.4 is 10.5 Å². The molecule has 0 unspecified atom stereocenters. The minimum Gasteiger partial charge on any atom is -0.438 e. The number of amides is 1. The number of hydrogen-bond acceptors (Lipinski definition) is 5. The predicted octanol–water partition coefficient (Wildman–Crippen LogP) is 4.56. The van der Waals surface area contributed by atoms with E-state index >= 15 is 0 Å². The van der Waals surface area contributed by atoms with Gasteiger partial charge in [0, 0.05) is 10.4 Å². The zero-order valence-corrected chi connectivity index (χ0v) is 14.8. The van der Waals surface area contributed by atoms with E-state index in [0.29, 0.717) is 17.2 Å². The van der Waals surface area contributed by atoms with E-state index in [-0.39, 0.29) is 0 Å². The lowest BCUT2D eigenvalue weighted by Crippen LogP contribution is -2.10. The minimum absolute atomic E-state index is 0.434. The molecule has 4 rings (SSSR count). The fourth-order valence-corrected chi connectivity index (χ4v) is 3.93. The lowest BCUT2D eigenvalue weighted by Gasteiger charge is -2.07. The molecule has 1 amide bonds. The van der Waals surface area contributed by atoms with E-state index in [9.17, 15) is 4.79 Å². The number of nitrogens with zero attached hydrogens (tertiary/aromatic N) is 2. The summed E-state index contributed by atoms with van der Waals surface area (Å²) in [5.74, 6) is 0.613. The first kappa shape index (κ1) is 16.2. The van der Waals surface area contributed by atoms with Crippen molar-refractivity contribution in [2.24, 2.45) is 5.73 Å². The highest BCUT2D eigenvalue weighted by atomic mass is 32.1. The number of carbonyl (C=O) groups is 1. The average molecular weight is 361 g/mol. The Bertz CT molecular complexity index is 1090. The van der Waals surface area contributed by atoms with E-state index in [2.05, 4.69) is 22.1 Å². The Labute approximate surface area is 154 Å². The Hall–Kier alpha value is -3.25. The van der Waals surface area contributed by atoms with Crippen LogP contribution in [0.1, 0.15) is 15.9 Å². The molecule has 128 valence electrons. The Kier molecular flexibility index (Phi) is 4.10. The van der Waals surface area contributed by atoms with E-state index in [1.54, 1.807) is 35.6 Å². The van der Waals surface area contributed by atoms with Gasteiger partial charge in [-0.2, -0.15) is 0 Å². The number of aromatic nitrogens is 2. The highest BCUT2D eigenvalue weighted by molar-refractivity contribution is 7.22. The second-order valence-corrected chi connectivity index (χ2v) is 6.77. The Morgan fingerprint density at radius 1 is 1.04 bits per heavy atom. The van der Waals surface area contributed by atoms with Crippen LogP contribution in [0.3, 0.4) is 0 Å². The molecule has 0 spiro atoms. The van der Waals surface area contributed by atoms with E-state index in [1.807, 2.05) is 25.1 Å². The molecular weight excluding hydrogens is 346 g/mol. The number of carbonyl (C=O) groups excluding carboxylic acids is 1. The predicted molar refractivity (Wildman–Crippen MR) is 103 cm³/mol. The normalized spacial score (nSPS) is 10.8. The van der Waals surface area contributed by atoms with Crippen molar-refractivity contribution in [2.75, 3.05) is 0 Å². The molecule has 0 aliphatic rings. The molecule has 2 aromatic heterocycles. The van der Waals surface area contributed by atoms with Crippen molar-refractivity contribution in [2.45, 2.75) is 6.92 Å². The molecule has 0 aliphatic carbocycles. The second-order valence-electron chi connectivity index (χ2n) is 5.77. The monoisotopic (exact) mass is 361 g/mol. The van der Waals surface area contributed by atoms with Gasteiger partial charge in [0.1, 0.15) is 16.9 Å². The molecule has 5 nitrogen and oxygen atoms in total. The summed E-state index contributed by atoms with van der Waals surface area (Å²) in [6.07, 6.45) is 1.50. The summed E-state index contributed by atoms with van der Waals surface area (Å²) in [5.41, 5.74) is 7.93. The number of thiophene rings is 1. The number of primary amides is 1. The third-order valence-corrected chi connectivity index (χ3v) is 5.33. The number of fused-ring (bicyclic) bond motifs is 1. The zero-order valence-electron chi connectivity index (χ0n) is 14.0. The van der Waals surface area contributed by atoms with Gasteiger partial charge < -0.3 is 10.5 Å². The largest absolute Gasteiger partial charge is 0.438 e. The van der Waals surface area contributed by atoms with Crippen molar-refractivity contribution < 1.29 is 9.53 Å². The van der Waals surface area contributed by atoms with Gasteiger partial charge >= 0.3 is 0 Å². The Morgan fingerprint density at radius 2 is 1.77 bits per heavy atom. The number of benzene rings is 2. The zero-order chi connectivity index (χ0) is 18.1. The van der Waals surface area contributed by atoms with Crippen LogP contribution in [0.2, 0.25) is 0 Å². The number of nitrogens with two attached hydrogens (primary N) is 1. The van der Waals surface area contributed by atoms with Gasteiger partial charge in [-0.25, -0.2) is 9.97 Å². The fraction of sp³-hybridized carbons (Fsp3) is 0.0500. The molecule has 0 bridgehead atoms. The lowest BCUT2D eigenvalue weighted by atomic mass is 10.1. The molecule has 0 saturated heterocycles. The summed E-state index contributed by atoms with van der Waals surface area (Å²) in [5, 5.41) is 0.898. The van der Waals surface area contributed by atoms with Crippen molar-refractivity contribution in [3.05, 3.63) is 72.1 Å². The summed E-state index contributed by atoms with van der Waals surface area (Å²) >= 11 is 1.62. The van der Waals surface area contributed by atoms with E-state index < -0.39 is 5.91 Å². The quantitative estimate of drug-likeness (QED) is 0.578. The summed E-state index contributed by atoms with van der Waals surface area (Å²) in [4.78, 5) is 21.9. The molecule has 0 saturated carbocycles. The van der Waals surface area contributed by atoms with Gasteiger partial charge in [-0.3, -0.25) is 4.79 Å². The highest BCUT2D eigenvalue weighted by Gasteiger charge is 2.17. The molecule has 6 heteroatoms. The first-order valence-corrected chi connectivity index (χ1v) is 8.82. The molecule has 0 aliphatic heterocycles. The van der Waals surface area contributed by atoms with E-state index in [4.69, 9.17) is 10.5 Å². The maximum absolute atomic E-state index is 11.2. The first-order valence-electron chi connectivity index (χ1n) is 8.00. The number of ether oxygens (including phenoxy) is 1. The van der Waals surface area contributed by atoms with Gasteiger partial charge in [0.25, 0.3) is 0 Å². The number of hydrogen-bond donors (Lipinski definition) is 1. The van der Waals surface area contributed by atoms with Crippen LogP contribution in [0.15, 0.2) is 60.9 Å². The van der Waals surface area contributed by atoms with Gasteiger partial charge in [0.2, 0.25) is 11.8 Å². The SMILES string of the molecule is Cc1c(-c2ccccc2)sc2ncnc(Oc3ccc(C(N)=O)cc3)c12. The molecule has 0 atom stereocenters. The average Bonchev–Trinajstić information content (AvgIpc) is 3.01. The molecule has 0 fully saturated rings. The summed E-state index contributed by atoms with van der Waals surface area (Å²) < 4.78 is 5.96. The second kappa shape index (κ2) is 6.57. The van der Waals surface area contributed by atoms with Crippen LogP contribution in [-0.2, 0) is 0 Å². The van der Waals surface area contributed by atoms with Crippen LogP contribution in [-0.4, -0.2) is 15.9 Å². The summed E-state index contributed by atoms with van der Waals surface area (Å²) in [6, 6.07) is 16.9.